The zero-order chi connectivity index (χ0) is 11.5. The summed E-state index contributed by atoms with van der Waals surface area (Å²) in [7, 11) is 0. The third-order valence-electron chi connectivity index (χ3n) is 2.89. The number of rotatable bonds is 2. The molecule has 0 radical (unpaired) electrons. The molecule has 1 heterocycles. The van der Waals surface area contributed by atoms with Crippen LogP contribution in [0, 0.1) is 5.82 Å². The Morgan fingerprint density at radius 3 is 3.00 bits per heavy atom. The summed E-state index contributed by atoms with van der Waals surface area (Å²) in [6.45, 7) is 1.62. The number of benzene rings is 1. The molecular formula is C12H15FN2O. The molecule has 1 amide bonds. The molecule has 0 saturated carbocycles. The van der Waals surface area contributed by atoms with Crippen molar-refractivity contribution >= 4 is 5.91 Å². The van der Waals surface area contributed by atoms with E-state index in [-0.39, 0.29) is 11.7 Å². The van der Waals surface area contributed by atoms with Crippen molar-refractivity contribution in [2.24, 2.45) is 5.73 Å². The minimum absolute atomic E-state index is 0.0810. The molecule has 0 atom stereocenters. The van der Waals surface area contributed by atoms with Gasteiger partial charge in [-0.05, 0) is 29.7 Å². The predicted octanol–water partition coefficient (Wildman–Crippen LogP) is 1.06. The summed E-state index contributed by atoms with van der Waals surface area (Å²) in [5.41, 5.74) is 7.40. The molecule has 0 saturated heterocycles. The van der Waals surface area contributed by atoms with Gasteiger partial charge in [-0.25, -0.2) is 4.39 Å². The number of hydrogen-bond donors (Lipinski definition) is 1. The fraction of sp³-hybridized carbons (Fsp3) is 0.417. The van der Waals surface area contributed by atoms with Crippen molar-refractivity contribution in [3.05, 3.63) is 35.1 Å². The largest absolute Gasteiger partial charge is 0.338 e. The first kappa shape index (κ1) is 11.1. The molecule has 0 spiro atoms. The van der Waals surface area contributed by atoms with E-state index in [4.69, 9.17) is 5.73 Å². The van der Waals surface area contributed by atoms with Crippen LogP contribution in [0.1, 0.15) is 17.5 Å². The van der Waals surface area contributed by atoms with Crippen LogP contribution in [0.25, 0.3) is 0 Å². The number of nitrogens with zero attached hydrogens (tertiary/aromatic N) is 1. The SMILES string of the molecule is NCCC(=O)N1CCc2cc(F)ccc2C1. The van der Waals surface area contributed by atoms with Gasteiger partial charge in [-0.15, -0.1) is 0 Å². The lowest BCUT2D eigenvalue weighted by molar-refractivity contribution is -0.131. The van der Waals surface area contributed by atoms with Crippen LogP contribution in [0.3, 0.4) is 0 Å². The van der Waals surface area contributed by atoms with E-state index in [1.54, 1.807) is 17.0 Å². The van der Waals surface area contributed by atoms with Crippen LogP contribution < -0.4 is 5.73 Å². The topological polar surface area (TPSA) is 46.3 Å². The number of amides is 1. The summed E-state index contributed by atoms with van der Waals surface area (Å²) in [4.78, 5) is 13.4. The monoisotopic (exact) mass is 222 g/mol. The maximum Gasteiger partial charge on any atom is 0.224 e. The molecule has 0 aliphatic carbocycles. The minimum Gasteiger partial charge on any atom is -0.338 e. The maximum absolute atomic E-state index is 13.0. The molecule has 0 fully saturated rings. The van der Waals surface area contributed by atoms with Crippen LogP contribution in [0.5, 0.6) is 0 Å². The molecule has 1 aromatic carbocycles. The van der Waals surface area contributed by atoms with E-state index in [1.165, 1.54) is 6.07 Å². The summed E-state index contributed by atoms with van der Waals surface area (Å²) in [5.74, 6) is -0.127. The van der Waals surface area contributed by atoms with Crippen molar-refractivity contribution in [2.45, 2.75) is 19.4 Å². The van der Waals surface area contributed by atoms with Gasteiger partial charge in [0, 0.05) is 26.1 Å². The highest BCUT2D eigenvalue weighted by Crippen LogP contribution is 2.20. The highest BCUT2D eigenvalue weighted by Gasteiger charge is 2.20. The molecule has 86 valence electrons. The van der Waals surface area contributed by atoms with Crippen LogP contribution in [-0.4, -0.2) is 23.9 Å². The Bertz CT molecular complexity index is 406. The molecule has 0 bridgehead atoms. The van der Waals surface area contributed by atoms with Crippen molar-refractivity contribution < 1.29 is 9.18 Å². The normalized spacial score (nSPS) is 14.8. The van der Waals surface area contributed by atoms with E-state index in [0.29, 0.717) is 26.1 Å². The van der Waals surface area contributed by atoms with Crippen molar-refractivity contribution in [2.75, 3.05) is 13.1 Å². The second-order valence-corrected chi connectivity index (χ2v) is 4.02. The minimum atomic E-state index is -0.208. The molecule has 2 N–H and O–H groups in total. The molecule has 0 aromatic heterocycles. The third kappa shape index (κ3) is 2.22. The highest BCUT2D eigenvalue weighted by molar-refractivity contribution is 5.76. The van der Waals surface area contributed by atoms with Gasteiger partial charge in [-0.3, -0.25) is 4.79 Å². The average Bonchev–Trinajstić information content (AvgIpc) is 2.28. The maximum atomic E-state index is 13.0. The number of hydrogen-bond acceptors (Lipinski definition) is 2. The van der Waals surface area contributed by atoms with Gasteiger partial charge in [0.25, 0.3) is 0 Å². The summed E-state index contributed by atoms with van der Waals surface area (Å²) in [6.07, 6.45) is 1.11. The fourth-order valence-electron chi connectivity index (χ4n) is 2.02. The van der Waals surface area contributed by atoms with Gasteiger partial charge in [0.15, 0.2) is 0 Å². The zero-order valence-corrected chi connectivity index (χ0v) is 9.08. The molecule has 0 unspecified atom stereocenters. The first-order valence-electron chi connectivity index (χ1n) is 5.46. The van der Waals surface area contributed by atoms with Gasteiger partial charge in [0.05, 0.1) is 0 Å². The van der Waals surface area contributed by atoms with Crippen molar-refractivity contribution in [3.8, 4) is 0 Å². The highest BCUT2D eigenvalue weighted by atomic mass is 19.1. The number of nitrogens with two attached hydrogens (primary N) is 1. The fourth-order valence-corrected chi connectivity index (χ4v) is 2.02. The third-order valence-corrected chi connectivity index (χ3v) is 2.89. The molecule has 1 aromatic rings. The van der Waals surface area contributed by atoms with Gasteiger partial charge in [0.1, 0.15) is 5.82 Å². The Morgan fingerprint density at radius 2 is 2.25 bits per heavy atom. The summed E-state index contributed by atoms with van der Waals surface area (Å²) in [5, 5.41) is 0. The molecule has 3 nitrogen and oxygen atoms in total. The van der Waals surface area contributed by atoms with Gasteiger partial charge < -0.3 is 10.6 Å². The molecule has 4 heteroatoms. The van der Waals surface area contributed by atoms with Gasteiger partial charge in [0.2, 0.25) is 5.91 Å². The number of fused-ring (bicyclic) bond motifs is 1. The van der Waals surface area contributed by atoms with E-state index in [9.17, 15) is 9.18 Å². The van der Waals surface area contributed by atoms with E-state index in [1.807, 2.05) is 0 Å². The molecule has 1 aliphatic rings. The lowest BCUT2D eigenvalue weighted by Gasteiger charge is -2.28. The molecule has 2 rings (SSSR count). The number of halogens is 1. The van der Waals surface area contributed by atoms with E-state index in [0.717, 1.165) is 17.5 Å². The molecular weight excluding hydrogens is 207 g/mol. The Morgan fingerprint density at radius 1 is 1.44 bits per heavy atom. The predicted molar refractivity (Wildman–Crippen MR) is 59.2 cm³/mol. The Balaban J connectivity index is 2.12. The van der Waals surface area contributed by atoms with E-state index in [2.05, 4.69) is 0 Å². The summed E-state index contributed by atoms with van der Waals surface area (Å²) >= 11 is 0. The first-order valence-corrected chi connectivity index (χ1v) is 5.46. The van der Waals surface area contributed by atoms with Crippen LogP contribution >= 0.6 is 0 Å². The standard InChI is InChI=1S/C12H15FN2O/c13-11-2-1-10-8-15(12(16)3-5-14)6-4-9(10)7-11/h1-2,7H,3-6,8,14H2. The van der Waals surface area contributed by atoms with Gasteiger partial charge in [-0.1, -0.05) is 6.07 Å². The lowest BCUT2D eigenvalue weighted by Crippen LogP contribution is -2.36. The van der Waals surface area contributed by atoms with Crippen LogP contribution in [-0.2, 0) is 17.8 Å². The van der Waals surface area contributed by atoms with E-state index >= 15 is 0 Å². The smallest absolute Gasteiger partial charge is 0.224 e. The van der Waals surface area contributed by atoms with Crippen LogP contribution in [0.4, 0.5) is 4.39 Å². The summed E-state index contributed by atoms with van der Waals surface area (Å²) in [6, 6.07) is 4.75. The second kappa shape index (κ2) is 4.61. The Kier molecular flexibility index (Phi) is 3.19. The Labute approximate surface area is 94.0 Å². The quantitative estimate of drug-likeness (QED) is 0.813. The Hall–Kier alpha value is -1.42. The average molecular weight is 222 g/mol. The number of carbonyl (C=O) groups is 1. The lowest BCUT2D eigenvalue weighted by atomic mass is 9.99. The molecule has 16 heavy (non-hydrogen) atoms. The van der Waals surface area contributed by atoms with Gasteiger partial charge in [-0.2, -0.15) is 0 Å². The first-order chi connectivity index (χ1) is 7.70. The van der Waals surface area contributed by atoms with Crippen molar-refractivity contribution in [1.82, 2.24) is 4.90 Å². The molecule has 1 aliphatic heterocycles. The second-order valence-electron chi connectivity index (χ2n) is 4.02. The van der Waals surface area contributed by atoms with Crippen molar-refractivity contribution in [3.63, 3.8) is 0 Å². The van der Waals surface area contributed by atoms with E-state index < -0.39 is 0 Å². The number of carbonyl (C=O) groups excluding carboxylic acids is 1. The van der Waals surface area contributed by atoms with Crippen LogP contribution in [0.2, 0.25) is 0 Å². The zero-order valence-electron chi connectivity index (χ0n) is 9.08. The van der Waals surface area contributed by atoms with Crippen molar-refractivity contribution in [1.29, 1.82) is 0 Å². The van der Waals surface area contributed by atoms with Crippen LogP contribution in [0.15, 0.2) is 18.2 Å². The van der Waals surface area contributed by atoms with Gasteiger partial charge >= 0.3 is 0 Å². The summed E-state index contributed by atoms with van der Waals surface area (Å²) < 4.78 is 13.0.